The average molecular weight is 232 g/mol. The fourth-order valence-corrected chi connectivity index (χ4v) is 1.74. The number of urea groups is 1. The SMILES string of the molecule is O=C(NS)NCc1cccc2ccccc12. The number of amides is 2. The Bertz CT molecular complexity index is 508. The molecule has 4 heteroatoms. The molecule has 0 aromatic heterocycles. The maximum Gasteiger partial charge on any atom is 0.324 e. The highest BCUT2D eigenvalue weighted by Crippen LogP contribution is 2.17. The molecule has 2 amide bonds. The third-order valence-corrected chi connectivity index (χ3v) is 2.62. The summed E-state index contributed by atoms with van der Waals surface area (Å²) in [7, 11) is 0. The van der Waals surface area contributed by atoms with Gasteiger partial charge in [0.15, 0.2) is 0 Å². The van der Waals surface area contributed by atoms with Crippen molar-refractivity contribution in [2.45, 2.75) is 6.54 Å². The summed E-state index contributed by atoms with van der Waals surface area (Å²) in [5.74, 6) is 0. The van der Waals surface area contributed by atoms with Crippen LogP contribution in [0.15, 0.2) is 42.5 Å². The van der Waals surface area contributed by atoms with Crippen LogP contribution in [-0.4, -0.2) is 6.03 Å². The molecule has 0 unspecified atom stereocenters. The molecule has 82 valence electrons. The Morgan fingerprint density at radius 3 is 2.69 bits per heavy atom. The number of thiol groups is 1. The molecule has 16 heavy (non-hydrogen) atoms. The van der Waals surface area contributed by atoms with E-state index in [2.05, 4.69) is 35.0 Å². The van der Waals surface area contributed by atoms with Gasteiger partial charge in [0, 0.05) is 6.54 Å². The Kier molecular flexibility index (Phi) is 3.31. The topological polar surface area (TPSA) is 41.1 Å². The molecule has 0 aliphatic carbocycles. The molecule has 2 rings (SSSR count). The lowest BCUT2D eigenvalue weighted by molar-refractivity contribution is 0.246. The van der Waals surface area contributed by atoms with E-state index in [0.717, 1.165) is 10.9 Å². The molecule has 2 aromatic rings. The van der Waals surface area contributed by atoms with Gasteiger partial charge in [-0.2, -0.15) is 0 Å². The van der Waals surface area contributed by atoms with E-state index in [1.807, 2.05) is 30.3 Å². The molecule has 2 aromatic carbocycles. The molecule has 3 nitrogen and oxygen atoms in total. The highest BCUT2D eigenvalue weighted by molar-refractivity contribution is 7.78. The van der Waals surface area contributed by atoms with Crippen molar-refractivity contribution in [1.82, 2.24) is 10.0 Å². The van der Waals surface area contributed by atoms with E-state index in [1.54, 1.807) is 0 Å². The molecule has 0 atom stereocenters. The van der Waals surface area contributed by atoms with Gasteiger partial charge >= 0.3 is 6.03 Å². The summed E-state index contributed by atoms with van der Waals surface area (Å²) in [5.41, 5.74) is 1.09. The zero-order valence-corrected chi connectivity index (χ0v) is 9.50. The minimum absolute atomic E-state index is 0.295. The van der Waals surface area contributed by atoms with Gasteiger partial charge in [0.05, 0.1) is 0 Å². The highest BCUT2D eigenvalue weighted by atomic mass is 32.1. The molecule has 0 radical (unpaired) electrons. The van der Waals surface area contributed by atoms with Gasteiger partial charge in [0.1, 0.15) is 0 Å². The monoisotopic (exact) mass is 232 g/mol. The van der Waals surface area contributed by atoms with Crippen LogP contribution in [0.25, 0.3) is 10.8 Å². The third-order valence-electron chi connectivity index (χ3n) is 2.42. The van der Waals surface area contributed by atoms with Crippen molar-refractivity contribution >= 4 is 29.6 Å². The van der Waals surface area contributed by atoms with Crippen LogP contribution in [0.5, 0.6) is 0 Å². The number of hydrogen-bond acceptors (Lipinski definition) is 2. The zero-order chi connectivity index (χ0) is 11.4. The van der Waals surface area contributed by atoms with Gasteiger partial charge in [-0.1, -0.05) is 55.3 Å². The minimum Gasteiger partial charge on any atom is -0.333 e. The largest absolute Gasteiger partial charge is 0.333 e. The molecule has 0 heterocycles. The second-order valence-corrected chi connectivity index (χ2v) is 3.66. The number of carbonyl (C=O) groups is 1. The summed E-state index contributed by atoms with van der Waals surface area (Å²) in [6.07, 6.45) is 0. The van der Waals surface area contributed by atoms with Gasteiger partial charge < -0.3 is 5.32 Å². The van der Waals surface area contributed by atoms with Crippen molar-refractivity contribution < 1.29 is 4.79 Å². The van der Waals surface area contributed by atoms with E-state index in [1.165, 1.54) is 5.39 Å². The van der Waals surface area contributed by atoms with E-state index < -0.39 is 0 Å². The Hall–Kier alpha value is -1.68. The number of benzene rings is 2. The lowest BCUT2D eigenvalue weighted by Crippen LogP contribution is -2.29. The summed E-state index contributed by atoms with van der Waals surface area (Å²) in [4.78, 5) is 11.0. The van der Waals surface area contributed by atoms with Crippen molar-refractivity contribution in [3.8, 4) is 0 Å². The number of hydrogen-bond donors (Lipinski definition) is 3. The molecule has 0 fully saturated rings. The van der Waals surface area contributed by atoms with Gasteiger partial charge in [-0.05, 0) is 16.3 Å². The van der Waals surface area contributed by atoms with Crippen molar-refractivity contribution in [3.63, 3.8) is 0 Å². The van der Waals surface area contributed by atoms with E-state index in [0.29, 0.717) is 6.54 Å². The smallest absolute Gasteiger partial charge is 0.324 e. The van der Waals surface area contributed by atoms with Crippen LogP contribution in [0.2, 0.25) is 0 Å². The first kappa shape index (κ1) is 10.8. The Labute approximate surface area is 99.4 Å². The molecule has 0 saturated heterocycles. The molecule has 0 spiro atoms. The Balaban J connectivity index is 2.27. The summed E-state index contributed by atoms with van der Waals surface area (Å²) < 4.78 is 2.23. The second-order valence-electron chi connectivity index (χ2n) is 3.43. The first-order chi connectivity index (χ1) is 7.81. The number of nitrogens with one attached hydrogen (secondary N) is 2. The van der Waals surface area contributed by atoms with Crippen LogP contribution in [-0.2, 0) is 6.54 Å². The summed E-state index contributed by atoms with van der Waals surface area (Å²) >= 11 is 3.67. The van der Waals surface area contributed by atoms with Gasteiger partial charge in [-0.3, -0.25) is 4.72 Å². The molecular formula is C12H12N2OS. The van der Waals surface area contributed by atoms with Gasteiger partial charge in [-0.15, -0.1) is 0 Å². The van der Waals surface area contributed by atoms with Crippen molar-refractivity contribution in [3.05, 3.63) is 48.0 Å². The first-order valence-electron chi connectivity index (χ1n) is 4.96. The van der Waals surface area contributed by atoms with Crippen LogP contribution in [0.1, 0.15) is 5.56 Å². The molecular weight excluding hydrogens is 220 g/mol. The number of rotatable bonds is 2. The lowest BCUT2D eigenvalue weighted by atomic mass is 10.0. The van der Waals surface area contributed by atoms with Crippen LogP contribution in [0.3, 0.4) is 0 Å². The Morgan fingerprint density at radius 2 is 1.88 bits per heavy atom. The summed E-state index contributed by atoms with van der Waals surface area (Å²) in [6.45, 7) is 0.494. The average Bonchev–Trinajstić information content (AvgIpc) is 2.35. The second kappa shape index (κ2) is 4.90. The number of fused-ring (bicyclic) bond motifs is 1. The molecule has 0 bridgehead atoms. The first-order valence-corrected chi connectivity index (χ1v) is 5.40. The molecule has 0 saturated carbocycles. The van der Waals surface area contributed by atoms with Crippen LogP contribution in [0, 0.1) is 0 Å². The third kappa shape index (κ3) is 2.28. The zero-order valence-electron chi connectivity index (χ0n) is 8.60. The van der Waals surface area contributed by atoms with Gasteiger partial charge in [-0.25, -0.2) is 4.79 Å². The predicted molar refractivity (Wildman–Crippen MR) is 68.3 cm³/mol. The molecule has 2 N–H and O–H groups in total. The maximum absolute atomic E-state index is 11.0. The quantitative estimate of drug-likeness (QED) is 0.684. The lowest BCUT2D eigenvalue weighted by Gasteiger charge is -2.07. The van der Waals surface area contributed by atoms with Crippen molar-refractivity contribution in [2.75, 3.05) is 0 Å². The Morgan fingerprint density at radius 1 is 1.12 bits per heavy atom. The van der Waals surface area contributed by atoms with Crippen LogP contribution in [0.4, 0.5) is 4.79 Å². The van der Waals surface area contributed by atoms with Crippen LogP contribution >= 0.6 is 12.8 Å². The molecule has 0 aliphatic heterocycles. The van der Waals surface area contributed by atoms with E-state index in [4.69, 9.17) is 0 Å². The maximum atomic E-state index is 11.0. The highest BCUT2D eigenvalue weighted by Gasteiger charge is 2.01. The standard InChI is InChI=1S/C12H12N2OS/c15-12(14-16)13-8-10-6-3-5-9-4-1-2-7-11(9)10/h1-7,16H,8H2,(H2,13,14,15). The fraction of sp³-hybridized carbons (Fsp3) is 0.0833. The van der Waals surface area contributed by atoms with Gasteiger partial charge in [0.25, 0.3) is 0 Å². The van der Waals surface area contributed by atoms with Gasteiger partial charge in [0.2, 0.25) is 0 Å². The summed E-state index contributed by atoms with van der Waals surface area (Å²) in [6, 6.07) is 13.8. The van der Waals surface area contributed by atoms with E-state index in [-0.39, 0.29) is 6.03 Å². The normalized spacial score (nSPS) is 10.1. The van der Waals surface area contributed by atoms with E-state index in [9.17, 15) is 4.79 Å². The molecule has 0 aliphatic rings. The predicted octanol–water partition coefficient (Wildman–Crippen LogP) is 2.48. The minimum atomic E-state index is -0.295. The van der Waals surface area contributed by atoms with E-state index >= 15 is 0 Å². The van der Waals surface area contributed by atoms with Crippen molar-refractivity contribution in [2.24, 2.45) is 0 Å². The van der Waals surface area contributed by atoms with Crippen LogP contribution < -0.4 is 10.0 Å². The number of carbonyl (C=O) groups excluding carboxylic acids is 1. The summed E-state index contributed by atoms with van der Waals surface area (Å²) in [5, 5.41) is 5.05. The van der Waals surface area contributed by atoms with Crippen molar-refractivity contribution in [1.29, 1.82) is 0 Å². The fourth-order valence-electron chi connectivity index (χ4n) is 1.66.